The van der Waals surface area contributed by atoms with Crippen molar-refractivity contribution >= 4 is 61.4 Å². The zero-order chi connectivity index (χ0) is 24.4. The minimum absolute atomic E-state index is 0.282. The van der Waals surface area contributed by atoms with E-state index in [9.17, 15) is 9.59 Å². The van der Waals surface area contributed by atoms with E-state index in [-0.39, 0.29) is 5.57 Å². The number of aromatic amines is 1. The summed E-state index contributed by atoms with van der Waals surface area (Å²) in [5, 5.41) is 5.19. The zero-order valence-electron chi connectivity index (χ0n) is 19.4. The van der Waals surface area contributed by atoms with E-state index in [1.807, 2.05) is 41.9 Å². The van der Waals surface area contributed by atoms with E-state index < -0.39 is 11.8 Å². The lowest BCUT2D eigenvalue weighted by Gasteiger charge is -2.29. The van der Waals surface area contributed by atoms with Crippen molar-refractivity contribution in [1.82, 2.24) is 29.8 Å². The van der Waals surface area contributed by atoms with Crippen molar-refractivity contribution in [2.75, 3.05) is 11.4 Å². The van der Waals surface area contributed by atoms with Crippen molar-refractivity contribution in [3.8, 4) is 0 Å². The fourth-order valence-electron chi connectivity index (χ4n) is 5.17. The number of aryl methyl sites for hydroxylation is 1. The number of imide groups is 1. The first-order chi connectivity index (χ1) is 17.6. The van der Waals surface area contributed by atoms with Crippen LogP contribution < -0.4 is 10.2 Å². The number of benzene rings is 1. The van der Waals surface area contributed by atoms with Crippen LogP contribution in [0.2, 0.25) is 0 Å². The van der Waals surface area contributed by atoms with E-state index in [1.165, 1.54) is 11.3 Å². The van der Waals surface area contributed by atoms with Gasteiger partial charge in [0.15, 0.2) is 0 Å². The van der Waals surface area contributed by atoms with Crippen LogP contribution in [0.3, 0.4) is 0 Å². The van der Waals surface area contributed by atoms with Crippen molar-refractivity contribution in [3.05, 3.63) is 70.9 Å². The molecule has 0 radical (unpaired) electrons. The number of anilines is 1. The molecule has 5 aromatic rings. The molecular weight excluding hydrogens is 474 g/mol. The number of aromatic nitrogens is 5. The summed E-state index contributed by atoms with van der Waals surface area (Å²) in [7, 11) is 0. The third-order valence-electron chi connectivity index (χ3n) is 6.88. The summed E-state index contributed by atoms with van der Waals surface area (Å²) in [4.78, 5) is 45.9. The molecule has 178 valence electrons. The quantitative estimate of drug-likeness (QED) is 0.369. The molecule has 0 atom stereocenters. The highest BCUT2D eigenvalue weighted by molar-refractivity contribution is 7.17. The van der Waals surface area contributed by atoms with Crippen LogP contribution in [0.25, 0.3) is 32.3 Å². The number of nitrogens with one attached hydrogen (secondary N) is 2. The van der Waals surface area contributed by atoms with Crippen LogP contribution in [0.4, 0.5) is 5.95 Å². The minimum atomic E-state index is -0.444. The largest absolute Gasteiger partial charge is 0.360 e. The van der Waals surface area contributed by atoms with Crippen molar-refractivity contribution in [2.24, 2.45) is 0 Å². The number of H-pyrrole nitrogens is 1. The number of carbonyl (C=O) groups excluding carboxylic acids is 2. The Hall–Kier alpha value is -4.31. The first-order valence-electron chi connectivity index (χ1n) is 11.8. The topological polar surface area (TPSA) is 109 Å². The molecule has 2 amide bonds. The number of fused-ring (bicyclic) bond motifs is 3. The second-order valence-electron chi connectivity index (χ2n) is 8.88. The molecule has 6 heterocycles. The summed E-state index contributed by atoms with van der Waals surface area (Å²) < 4.78 is 3.18. The number of nitrogens with zero attached hydrogens (tertiary/aromatic N) is 5. The average Bonchev–Trinajstić information content (AvgIpc) is 3.66. The number of imidazole rings is 1. The lowest BCUT2D eigenvalue weighted by atomic mass is 9.99. The SMILES string of the molecule is CCc1ncc2n1CCN(c1nc(C3=C(c4c[nH]c5ccsc45)C(=O)NC3=O)c3ccccc3n1)C2. The molecule has 2 N–H and O–H groups in total. The molecule has 0 aliphatic carbocycles. The summed E-state index contributed by atoms with van der Waals surface area (Å²) in [6.07, 6.45) is 4.58. The lowest BCUT2D eigenvalue weighted by molar-refractivity contribution is -0.122. The summed E-state index contributed by atoms with van der Waals surface area (Å²) in [5.41, 5.74) is 4.55. The molecule has 0 spiro atoms. The molecule has 0 saturated heterocycles. The van der Waals surface area contributed by atoms with Gasteiger partial charge in [-0.15, -0.1) is 11.3 Å². The van der Waals surface area contributed by atoms with Crippen LogP contribution in [0.15, 0.2) is 48.1 Å². The van der Waals surface area contributed by atoms with E-state index in [0.717, 1.165) is 52.1 Å². The van der Waals surface area contributed by atoms with Crippen LogP contribution in [0.1, 0.15) is 29.7 Å². The lowest BCUT2D eigenvalue weighted by Crippen LogP contribution is -2.35. The third-order valence-corrected chi connectivity index (χ3v) is 7.82. The average molecular weight is 496 g/mol. The van der Waals surface area contributed by atoms with Gasteiger partial charge in [0.2, 0.25) is 5.95 Å². The second kappa shape index (κ2) is 7.85. The van der Waals surface area contributed by atoms with E-state index >= 15 is 0 Å². The Morgan fingerprint density at radius 1 is 1.06 bits per heavy atom. The molecule has 1 aromatic carbocycles. The number of carbonyl (C=O) groups is 2. The number of hydrogen-bond donors (Lipinski definition) is 2. The Balaban J connectivity index is 1.42. The van der Waals surface area contributed by atoms with Gasteiger partial charge in [0.25, 0.3) is 11.8 Å². The number of amides is 2. The Labute approximate surface area is 209 Å². The maximum atomic E-state index is 13.2. The standard InChI is InChI=1S/C26H21N7O2S/c1-2-19-28-11-14-13-32(8-9-33(14)19)26-29-17-6-4-3-5-15(17)22(30-26)21-20(24(34)31-25(21)35)16-12-27-18-7-10-36-23(16)18/h3-7,10-12,27H,2,8-9,13H2,1H3,(H,31,34,35). The summed E-state index contributed by atoms with van der Waals surface area (Å²) in [5.74, 6) is 0.748. The number of rotatable bonds is 4. The Bertz CT molecular complexity index is 1740. The molecular formula is C26H21N7O2S. The van der Waals surface area contributed by atoms with Crippen molar-refractivity contribution in [3.63, 3.8) is 0 Å². The summed E-state index contributed by atoms with van der Waals surface area (Å²) >= 11 is 1.53. The summed E-state index contributed by atoms with van der Waals surface area (Å²) in [6.45, 7) is 4.24. The van der Waals surface area contributed by atoms with E-state index in [0.29, 0.717) is 29.3 Å². The molecule has 7 rings (SSSR count). The van der Waals surface area contributed by atoms with Crippen LogP contribution in [0.5, 0.6) is 0 Å². The maximum absolute atomic E-state index is 13.2. The van der Waals surface area contributed by atoms with E-state index in [2.05, 4.69) is 31.7 Å². The van der Waals surface area contributed by atoms with Crippen molar-refractivity contribution in [1.29, 1.82) is 0 Å². The zero-order valence-corrected chi connectivity index (χ0v) is 20.2. The highest BCUT2D eigenvalue weighted by Gasteiger charge is 2.36. The van der Waals surface area contributed by atoms with Crippen LogP contribution in [0, 0.1) is 0 Å². The predicted molar refractivity (Wildman–Crippen MR) is 138 cm³/mol. The fourth-order valence-corrected chi connectivity index (χ4v) is 6.05. The van der Waals surface area contributed by atoms with E-state index in [4.69, 9.17) is 9.97 Å². The van der Waals surface area contributed by atoms with Gasteiger partial charge in [0.05, 0.1) is 51.0 Å². The van der Waals surface area contributed by atoms with Crippen molar-refractivity contribution in [2.45, 2.75) is 26.4 Å². The molecule has 0 unspecified atom stereocenters. The number of para-hydroxylation sites is 1. The maximum Gasteiger partial charge on any atom is 0.261 e. The molecule has 0 bridgehead atoms. The molecule has 36 heavy (non-hydrogen) atoms. The van der Waals surface area contributed by atoms with Gasteiger partial charge in [-0.3, -0.25) is 14.9 Å². The number of hydrogen-bond acceptors (Lipinski definition) is 7. The highest BCUT2D eigenvalue weighted by Crippen LogP contribution is 2.38. The monoisotopic (exact) mass is 495 g/mol. The van der Waals surface area contributed by atoms with Gasteiger partial charge in [0, 0.05) is 36.7 Å². The van der Waals surface area contributed by atoms with Gasteiger partial charge in [0.1, 0.15) is 5.82 Å². The fraction of sp³-hybridized carbons (Fsp3) is 0.192. The molecule has 0 fully saturated rings. The Morgan fingerprint density at radius 2 is 1.92 bits per heavy atom. The predicted octanol–water partition coefficient (Wildman–Crippen LogP) is 3.52. The minimum Gasteiger partial charge on any atom is -0.360 e. The van der Waals surface area contributed by atoms with Crippen LogP contribution >= 0.6 is 11.3 Å². The van der Waals surface area contributed by atoms with Gasteiger partial charge >= 0.3 is 0 Å². The first-order valence-corrected chi connectivity index (χ1v) is 12.7. The molecule has 2 aliphatic heterocycles. The highest BCUT2D eigenvalue weighted by atomic mass is 32.1. The molecule has 10 heteroatoms. The molecule has 0 saturated carbocycles. The van der Waals surface area contributed by atoms with E-state index in [1.54, 1.807) is 6.20 Å². The molecule has 9 nitrogen and oxygen atoms in total. The smallest absolute Gasteiger partial charge is 0.261 e. The van der Waals surface area contributed by atoms with Crippen LogP contribution in [-0.2, 0) is 29.1 Å². The number of thiophene rings is 1. The molecule has 4 aromatic heterocycles. The summed E-state index contributed by atoms with van der Waals surface area (Å²) in [6, 6.07) is 9.57. The van der Waals surface area contributed by atoms with Gasteiger partial charge in [-0.1, -0.05) is 25.1 Å². The van der Waals surface area contributed by atoms with Gasteiger partial charge < -0.3 is 14.5 Å². The van der Waals surface area contributed by atoms with Crippen molar-refractivity contribution < 1.29 is 9.59 Å². The van der Waals surface area contributed by atoms with Gasteiger partial charge in [-0.2, -0.15) is 0 Å². The second-order valence-corrected chi connectivity index (χ2v) is 9.80. The first kappa shape index (κ1) is 21.0. The Kier molecular flexibility index (Phi) is 4.58. The third kappa shape index (κ3) is 3.04. The Morgan fingerprint density at radius 3 is 2.81 bits per heavy atom. The molecule has 2 aliphatic rings. The van der Waals surface area contributed by atoms with Gasteiger partial charge in [-0.25, -0.2) is 15.0 Å². The van der Waals surface area contributed by atoms with Gasteiger partial charge in [-0.05, 0) is 17.5 Å². The normalized spacial score (nSPS) is 15.9. The van der Waals surface area contributed by atoms with Crippen LogP contribution in [-0.4, -0.2) is 42.9 Å².